The Morgan fingerprint density at radius 1 is 1.50 bits per heavy atom. The minimum Gasteiger partial charge on any atom is -0.492 e. The van der Waals surface area contributed by atoms with Crippen molar-refractivity contribution in [2.24, 2.45) is 5.73 Å². The van der Waals surface area contributed by atoms with Crippen LogP contribution >= 0.6 is 15.9 Å². The van der Waals surface area contributed by atoms with E-state index in [0.717, 1.165) is 10.2 Å². The Bertz CT molecular complexity index is 263. The lowest BCUT2D eigenvalue weighted by Crippen LogP contribution is -2.10. The lowest BCUT2D eigenvalue weighted by atomic mass is 10.2. The van der Waals surface area contributed by atoms with Gasteiger partial charge in [-0.2, -0.15) is 0 Å². The first-order valence-corrected chi connectivity index (χ1v) is 4.62. The Kier molecular flexibility index (Phi) is 3.56. The molecule has 0 unspecified atom stereocenters. The highest BCUT2D eigenvalue weighted by atomic mass is 79.9. The summed E-state index contributed by atoms with van der Waals surface area (Å²) in [6.07, 6.45) is 0. The van der Waals surface area contributed by atoms with Gasteiger partial charge >= 0.3 is 0 Å². The summed E-state index contributed by atoms with van der Waals surface area (Å²) in [7, 11) is 0. The van der Waals surface area contributed by atoms with E-state index in [0.29, 0.717) is 13.2 Å². The molecule has 2 nitrogen and oxygen atoms in total. The minimum atomic E-state index is 0.547. The summed E-state index contributed by atoms with van der Waals surface area (Å²) in [6, 6.07) is 5.90. The maximum atomic E-state index is 5.34. The van der Waals surface area contributed by atoms with E-state index in [1.54, 1.807) is 0 Å². The molecule has 0 aromatic heterocycles. The van der Waals surface area contributed by atoms with Crippen LogP contribution in [0.5, 0.6) is 5.75 Å². The second-order valence-corrected chi connectivity index (χ2v) is 3.40. The number of aryl methyl sites for hydroxylation is 1. The zero-order valence-corrected chi connectivity index (χ0v) is 8.60. The van der Waals surface area contributed by atoms with Crippen LogP contribution < -0.4 is 10.5 Å². The van der Waals surface area contributed by atoms with Gasteiger partial charge in [0.15, 0.2) is 0 Å². The van der Waals surface area contributed by atoms with Gasteiger partial charge in [0, 0.05) is 11.0 Å². The van der Waals surface area contributed by atoms with Gasteiger partial charge < -0.3 is 10.5 Å². The SMILES string of the molecule is Cc1ccc(OCCN)cc1Br. The number of rotatable bonds is 3. The Hall–Kier alpha value is -0.540. The first kappa shape index (κ1) is 9.55. The molecule has 12 heavy (non-hydrogen) atoms. The molecule has 0 fully saturated rings. The third-order valence-electron chi connectivity index (χ3n) is 1.53. The summed E-state index contributed by atoms with van der Waals surface area (Å²) in [5, 5.41) is 0. The van der Waals surface area contributed by atoms with E-state index in [9.17, 15) is 0 Å². The molecule has 3 heteroatoms. The number of halogens is 1. The van der Waals surface area contributed by atoms with E-state index in [1.165, 1.54) is 5.56 Å². The van der Waals surface area contributed by atoms with Gasteiger partial charge in [0.05, 0.1) is 0 Å². The van der Waals surface area contributed by atoms with Gasteiger partial charge in [-0.25, -0.2) is 0 Å². The van der Waals surface area contributed by atoms with Crippen LogP contribution in [0.3, 0.4) is 0 Å². The van der Waals surface area contributed by atoms with Gasteiger partial charge in [-0.05, 0) is 24.6 Å². The third-order valence-corrected chi connectivity index (χ3v) is 2.38. The number of hydrogen-bond donors (Lipinski definition) is 1. The van der Waals surface area contributed by atoms with Crippen LogP contribution in [0.4, 0.5) is 0 Å². The summed E-state index contributed by atoms with van der Waals surface area (Å²) in [6.45, 7) is 3.15. The fourth-order valence-electron chi connectivity index (χ4n) is 0.840. The Labute approximate surface area is 80.8 Å². The molecule has 0 amide bonds. The average molecular weight is 230 g/mol. The molecular weight excluding hydrogens is 218 g/mol. The van der Waals surface area contributed by atoms with Crippen molar-refractivity contribution >= 4 is 15.9 Å². The van der Waals surface area contributed by atoms with Crippen LogP contribution in [0.15, 0.2) is 22.7 Å². The molecule has 0 atom stereocenters. The molecule has 1 rings (SSSR count). The summed E-state index contributed by atoms with van der Waals surface area (Å²) in [5.74, 6) is 0.859. The average Bonchev–Trinajstić information content (AvgIpc) is 2.07. The lowest BCUT2D eigenvalue weighted by molar-refractivity contribution is 0.328. The predicted molar refractivity (Wildman–Crippen MR) is 53.4 cm³/mol. The molecule has 0 spiro atoms. The molecule has 0 bridgehead atoms. The van der Waals surface area contributed by atoms with Crippen molar-refractivity contribution < 1.29 is 4.74 Å². The highest BCUT2D eigenvalue weighted by molar-refractivity contribution is 9.10. The van der Waals surface area contributed by atoms with E-state index in [2.05, 4.69) is 15.9 Å². The van der Waals surface area contributed by atoms with Crippen molar-refractivity contribution in [2.45, 2.75) is 6.92 Å². The fourth-order valence-corrected chi connectivity index (χ4v) is 1.20. The van der Waals surface area contributed by atoms with Crippen LogP contribution in [-0.2, 0) is 0 Å². The summed E-state index contributed by atoms with van der Waals surface area (Å²) in [4.78, 5) is 0. The van der Waals surface area contributed by atoms with Crippen LogP contribution in [0.2, 0.25) is 0 Å². The second kappa shape index (κ2) is 4.48. The van der Waals surface area contributed by atoms with E-state index >= 15 is 0 Å². The zero-order chi connectivity index (χ0) is 8.97. The summed E-state index contributed by atoms with van der Waals surface area (Å²) < 4.78 is 6.40. The second-order valence-electron chi connectivity index (χ2n) is 2.55. The molecule has 0 heterocycles. The monoisotopic (exact) mass is 229 g/mol. The molecule has 66 valence electrons. The molecule has 1 aromatic carbocycles. The molecular formula is C9H12BrNO. The predicted octanol–water partition coefficient (Wildman–Crippen LogP) is 2.10. The smallest absolute Gasteiger partial charge is 0.120 e. The van der Waals surface area contributed by atoms with Crippen molar-refractivity contribution in [3.8, 4) is 5.75 Å². The van der Waals surface area contributed by atoms with Gasteiger partial charge in [0.25, 0.3) is 0 Å². The normalized spacial score (nSPS) is 9.92. The molecule has 0 saturated carbocycles. The largest absolute Gasteiger partial charge is 0.492 e. The lowest BCUT2D eigenvalue weighted by Gasteiger charge is -2.05. The van der Waals surface area contributed by atoms with Gasteiger partial charge in [-0.3, -0.25) is 0 Å². The van der Waals surface area contributed by atoms with Crippen LogP contribution in [0.1, 0.15) is 5.56 Å². The molecule has 0 radical (unpaired) electrons. The molecule has 2 N–H and O–H groups in total. The van der Waals surface area contributed by atoms with Crippen molar-refractivity contribution in [1.82, 2.24) is 0 Å². The quantitative estimate of drug-likeness (QED) is 0.862. The molecule has 0 saturated heterocycles. The maximum absolute atomic E-state index is 5.34. The van der Waals surface area contributed by atoms with E-state index in [-0.39, 0.29) is 0 Å². The van der Waals surface area contributed by atoms with E-state index in [1.807, 2.05) is 25.1 Å². The minimum absolute atomic E-state index is 0.547. The Balaban J connectivity index is 2.69. The third kappa shape index (κ3) is 2.50. The standard InChI is InChI=1S/C9H12BrNO/c1-7-2-3-8(6-9(7)10)12-5-4-11/h2-3,6H,4-5,11H2,1H3. The van der Waals surface area contributed by atoms with E-state index in [4.69, 9.17) is 10.5 Å². The van der Waals surface area contributed by atoms with Crippen molar-refractivity contribution in [2.75, 3.05) is 13.2 Å². The molecule has 0 aliphatic carbocycles. The van der Waals surface area contributed by atoms with Crippen molar-refractivity contribution in [1.29, 1.82) is 0 Å². The van der Waals surface area contributed by atoms with Gasteiger partial charge in [-0.15, -0.1) is 0 Å². The number of nitrogens with two attached hydrogens (primary N) is 1. The van der Waals surface area contributed by atoms with Crippen molar-refractivity contribution in [3.63, 3.8) is 0 Å². The maximum Gasteiger partial charge on any atom is 0.120 e. The fraction of sp³-hybridized carbons (Fsp3) is 0.333. The number of hydrogen-bond acceptors (Lipinski definition) is 2. The Morgan fingerprint density at radius 2 is 2.25 bits per heavy atom. The number of ether oxygens (including phenoxy) is 1. The van der Waals surface area contributed by atoms with Crippen LogP contribution in [0.25, 0.3) is 0 Å². The van der Waals surface area contributed by atoms with Crippen molar-refractivity contribution in [3.05, 3.63) is 28.2 Å². The summed E-state index contributed by atoms with van der Waals surface area (Å²) >= 11 is 3.43. The molecule has 1 aromatic rings. The first-order valence-electron chi connectivity index (χ1n) is 3.83. The van der Waals surface area contributed by atoms with Crippen LogP contribution in [0, 0.1) is 6.92 Å². The van der Waals surface area contributed by atoms with E-state index < -0.39 is 0 Å². The first-order chi connectivity index (χ1) is 5.74. The number of benzene rings is 1. The highest BCUT2D eigenvalue weighted by Gasteiger charge is 1.96. The molecule has 0 aliphatic heterocycles. The zero-order valence-electron chi connectivity index (χ0n) is 7.01. The highest BCUT2D eigenvalue weighted by Crippen LogP contribution is 2.21. The van der Waals surface area contributed by atoms with Gasteiger partial charge in [0.1, 0.15) is 12.4 Å². The topological polar surface area (TPSA) is 35.2 Å². The van der Waals surface area contributed by atoms with Gasteiger partial charge in [0.2, 0.25) is 0 Å². The summed E-state index contributed by atoms with van der Waals surface area (Å²) in [5.41, 5.74) is 6.51. The molecule has 0 aliphatic rings. The van der Waals surface area contributed by atoms with Gasteiger partial charge in [-0.1, -0.05) is 22.0 Å². The Morgan fingerprint density at radius 3 is 2.83 bits per heavy atom. The van der Waals surface area contributed by atoms with Crippen LogP contribution in [-0.4, -0.2) is 13.2 Å².